The molecule has 0 aromatic heterocycles. The van der Waals surface area contributed by atoms with Gasteiger partial charge in [0.2, 0.25) is 0 Å². The van der Waals surface area contributed by atoms with Gasteiger partial charge in [0, 0.05) is 13.0 Å². The van der Waals surface area contributed by atoms with Crippen LogP contribution in [0.15, 0.2) is 0 Å². The number of rotatable bonds is 14. The van der Waals surface area contributed by atoms with Crippen molar-refractivity contribution >= 4 is 17.9 Å². The van der Waals surface area contributed by atoms with Crippen molar-refractivity contribution in [1.29, 1.82) is 0 Å². The summed E-state index contributed by atoms with van der Waals surface area (Å²) in [6, 6.07) is 0. The van der Waals surface area contributed by atoms with Crippen LogP contribution in [0.2, 0.25) is 0 Å². The van der Waals surface area contributed by atoms with Crippen LogP contribution >= 0.6 is 0 Å². The van der Waals surface area contributed by atoms with Crippen LogP contribution in [0.3, 0.4) is 0 Å². The summed E-state index contributed by atoms with van der Waals surface area (Å²) >= 11 is 0. The molecule has 2 atom stereocenters. The maximum Gasteiger partial charge on any atom is 0.310 e. The smallest absolute Gasteiger partial charge is 0.310 e. The van der Waals surface area contributed by atoms with Gasteiger partial charge >= 0.3 is 17.9 Å². The second-order valence-electron chi connectivity index (χ2n) is 5.94. The first-order chi connectivity index (χ1) is 12.0. The fourth-order valence-corrected chi connectivity index (χ4v) is 1.99. The van der Waals surface area contributed by atoms with Gasteiger partial charge in [0.05, 0.1) is 38.1 Å². The van der Waals surface area contributed by atoms with E-state index in [2.05, 4.69) is 0 Å². The van der Waals surface area contributed by atoms with Gasteiger partial charge in [-0.2, -0.15) is 0 Å². The predicted octanol–water partition coefficient (Wildman–Crippen LogP) is 2.24. The van der Waals surface area contributed by atoms with Gasteiger partial charge in [0.25, 0.3) is 0 Å². The number of aliphatic hydroxyl groups excluding tert-OH is 1. The van der Waals surface area contributed by atoms with E-state index in [0.29, 0.717) is 12.8 Å². The minimum atomic E-state index is -0.937. The van der Waals surface area contributed by atoms with Crippen LogP contribution in [0, 0.1) is 11.8 Å². The highest BCUT2D eigenvalue weighted by molar-refractivity contribution is 5.85. The van der Waals surface area contributed by atoms with Crippen molar-refractivity contribution in [1.82, 2.24) is 0 Å². The largest absolute Gasteiger partial charge is 0.466 e. The van der Waals surface area contributed by atoms with Gasteiger partial charge in [0.15, 0.2) is 0 Å². The van der Waals surface area contributed by atoms with E-state index in [0.717, 1.165) is 19.3 Å². The Balaban J connectivity index is 4.76. The van der Waals surface area contributed by atoms with Crippen molar-refractivity contribution < 1.29 is 33.7 Å². The summed E-state index contributed by atoms with van der Waals surface area (Å²) < 4.78 is 15.3. The fourth-order valence-electron chi connectivity index (χ4n) is 1.99. The summed E-state index contributed by atoms with van der Waals surface area (Å²) in [5.41, 5.74) is 0. The van der Waals surface area contributed by atoms with Gasteiger partial charge in [-0.25, -0.2) is 0 Å². The summed E-state index contributed by atoms with van der Waals surface area (Å²) in [7, 11) is 0. The third kappa shape index (κ3) is 10.8. The van der Waals surface area contributed by atoms with Crippen LogP contribution in [-0.4, -0.2) is 49.4 Å². The molecule has 0 aliphatic rings. The maximum absolute atomic E-state index is 12.3. The first-order valence-corrected chi connectivity index (χ1v) is 9.07. The molecule has 0 aliphatic heterocycles. The molecule has 0 heterocycles. The van der Waals surface area contributed by atoms with Gasteiger partial charge in [0.1, 0.15) is 0 Å². The van der Waals surface area contributed by atoms with Gasteiger partial charge in [-0.3, -0.25) is 14.4 Å². The molecule has 0 aromatic rings. The summed E-state index contributed by atoms with van der Waals surface area (Å²) in [5.74, 6) is -3.44. The second-order valence-corrected chi connectivity index (χ2v) is 5.94. The van der Waals surface area contributed by atoms with Crippen LogP contribution in [0.4, 0.5) is 0 Å². The van der Waals surface area contributed by atoms with Crippen LogP contribution in [0.1, 0.15) is 59.3 Å². The van der Waals surface area contributed by atoms with Gasteiger partial charge in [-0.15, -0.1) is 0 Å². The van der Waals surface area contributed by atoms with Crippen molar-refractivity contribution in [2.24, 2.45) is 11.8 Å². The Morgan fingerprint density at radius 1 is 0.840 bits per heavy atom. The Hall–Kier alpha value is -1.63. The summed E-state index contributed by atoms with van der Waals surface area (Å²) in [6.07, 6.45) is 3.30. The number of carbonyl (C=O) groups excluding carboxylic acids is 3. The molecular formula is C18H32O7. The predicted molar refractivity (Wildman–Crippen MR) is 91.7 cm³/mol. The highest BCUT2D eigenvalue weighted by Gasteiger charge is 2.35. The van der Waals surface area contributed by atoms with Crippen molar-refractivity contribution in [3.63, 3.8) is 0 Å². The third-order valence-electron chi connectivity index (χ3n) is 3.71. The molecular weight excluding hydrogens is 328 g/mol. The van der Waals surface area contributed by atoms with Crippen molar-refractivity contribution in [2.45, 2.75) is 59.3 Å². The molecule has 7 heteroatoms. The lowest BCUT2D eigenvalue weighted by Gasteiger charge is -2.21. The van der Waals surface area contributed by atoms with Crippen molar-refractivity contribution in [3.05, 3.63) is 0 Å². The highest BCUT2D eigenvalue weighted by Crippen LogP contribution is 2.21. The molecule has 0 bridgehead atoms. The topological polar surface area (TPSA) is 99.1 Å². The molecule has 25 heavy (non-hydrogen) atoms. The van der Waals surface area contributed by atoms with Gasteiger partial charge < -0.3 is 19.3 Å². The molecule has 2 unspecified atom stereocenters. The number of hydrogen-bond donors (Lipinski definition) is 1. The summed E-state index contributed by atoms with van der Waals surface area (Å²) in [6.45, 7) is 6.03. The van der Waals surface area contributed by atoms with Gasteiger partial charge in [-0.05, 0) is 12.8 Å². The number of unbranched alkanes of at least 4 members (excludes halogenated alkanes) is 2. The first-order valence-electron chi connectivity index (χ1n) is 9.07. The Labute approximate surface area is 150 Å². The number of aliphatic hydroxyl groups is 1. The molecule has 0 fully saturated rings. The van der Waals surface area contributed by atoms with Gasteiger partial charge in [-0.1, -0.05) is 33.6 Å². The first kappa shape index (κ1) is 23.4. The highest BCUT2D eigenvalue weighted by atomic mass is 16.5. The molecule has 0 aromatic carbocycles. The van der Waals surface area contributed by atoms with E-state index >= 15 is 0 Å². The second kappa shape index (κ2) is 14.7. The van der Waals surface area contributed by atoms with E-state index < -0.39 is 29.7 Å². The third-order valence-corrected chi connectivity index (χ3v) is 3.71. The lowest BCUT2D eigenvalue weighted by atomic mass is 9.91. The Morgan fingerprint density at radius 2 is 1.36 bits per heavy atom. The Kier molecular flexibility index (Phi) is 13.7. The van der Waals surface area contributed by atoms with E-state index in [-0.39, 0.29) is 32.8 Å². The molecule has 0 saturated heterocycles. The number of carbonyl (C=O) groups is 3. The number of ether oxygens (including phenoxy) is 3. The van der Waals surface area contributed by atoms with E-state index in [1.54, 1.807) is 6.92 Å². The molecule has 0 rings (SSSR count). The molecule has 0 spiro atoms. The SMILES string of the molecule is CCCCOC(=O)C(C)C(CC(=O)OCCCO)C(=O)OCCCC. The standard InChI is InChI=1S/C18H32O7/c1-4-6-10-24-17(21)14(3)15(18(22)25-11-7-5-2)13-16(20)23-12-8-9-19/h14-15,19H,4-13H2,1-3H3. The van der Waals surface area contributed by atoms with Crippen LogP contribution < -0.4 is 0 Å². The molecule has 7 nitrogen and oxygen atoms in total. The van der Waals surface area contributed by atoms with Crippen LogP contribution in [0.5, 0.6) is 0 Å². The quantitative estimate of drug-likeness (QED) is 0.288. The normalized spacial score (nSPS) is 13.0. The minimum absolute atomic E-state index is 0.0717. The lowest BCUT2D eigenvalue weighted by molar-refractivity contribution is -0.164. The minimum Gasteiger partial charge on any atom is -0.466 e. The van der Waals surface area contributed by atoms with Crippen LogP contribution in [-0.2, 0) is 28.6 Å². The lowest BCUT2D eigenvalue weighted by Crippen LogP contribution is -2.33. The van der Waals surface area contributed by atoms with E-state index in [4.69, 9.17) is 19.3 Å². The average molecular weight is 360 g/mol. The number of esters is 3. The van der Waals surface area contributed by atoms with E-state index in [1.165, 1.54) is 0 Å². The summed E-state index contributed by atoms with van der Waals surface area (Å²) in [5, 5.41) is 8.71. The van der Waals surface area contributed by atoms with Crippen LogP contribution in [0.25, 0.3) is 0 Å². The Bertz CT molecular complexity index is 395. The monoisotopic (exact) mass is 360 g/mol. The number of hydrogen-bond acceptors (Lipinski definition) is 7. The Morgan fingerprint density at radius 3 is 1.88 bits per heavy atom. The van der Waals surface area contributed by atoms with Crippen molar-refractivity contribution in [2.75, 3.05) is 26.4 Å². The molecule has 0 amide bonds. The maximum atomic E-state index is 12.3. The zero-order chi connectivity index (χ0) is 19.1. The zero-order valence-corrected chi connectivity index (χ0v) is 15.6. The molecule has 0 radical (unpaired) electrons. The van der Waals surface area contributed by atoms with E-state index in [1.807, 2.05) is 13.8 Å². The molecule has 0 aliphatic carbocycles. The average Bonchev–Trinajstić information content (AvgIpc) is 2.59. The molecule has 1 N–H and O–H groups in total. The van der Waals surface area contributed by atoms with E-state index in [9.17, 15) is 14.4 Å². The van der Waals surface area contributed by atoms with Crippen molar-refractivity contribution in [3.8, 4) is 0 Å². The summed E-state index contributed by atoms with van der Waals surface area (Å²) in [4.78, 5) is 36.3. The molecule has 0 saturated carbocycles. The zero-order valence-electron chi connectivity index (χ0n) is 15.6. The molecule has 146 valence electrons. The fraction of sp³-hybridized carbons (Fsp3) is 0.833.